The van der Waals surface area contributed by atoms with Gasteiger partial charge in [-0.2, -0.15) is 0 Å². The summed E-state index contributed by atoms with van der Waals surface area (Å²) in [5.74, 6) is -1.56. The summed E-state index contributed by atoms with van der Waals surface area (Å²) in [7, 11) is 1.93. The highest BCUT2D eigenvalue weighted by molar-refractivity contribution is 5.85. The van der Waals surface area contributed by atoms with E-state index in [-0.39, 0.29) is 35.7 Å². The molecule has 1 saturated carbocycles. The lowest BCUT2D eigenvalue weighted by atomic mass is 10.0. The van der Waals surface area contributed by atoms with Crippen molar-refractivity contribution in [2.45, 2.75) is 31.2 Å². The topological polar surface area (TPSA) is 32.3 Å². The Labute approximate surface area is 135 Å². The zero-order valence-corrected chi connectivity index (χ0v) is 13.3. The Morgan fingerprint density at radius 1 is 1.23 bits per heavy atom. The van der Waals surface area contributed by atoms with E-state index in [1.54, 1.807) is 0 Å². The molecule has 0 spiro atoms. The highest BCUT2D eigenvalue weighted by Crippen LogP contribution is 2.50. The first kappa shape index (κ1) is 17.2. The van der Waals surface area contributed by atoms with Gasteiger partial charge < -0.3 is 10.2 Å². The maximum Gasteiger partial charge on any atom is 0.226 e. The summed E-state index contributed by atoms with van der Waals surface area (Å²) in [5, 5.41) is 3.22. The number of nitrogens with zero attached hydrogens (tertiary/aromatic N) is 1. The predicted octanol–water partition coefficient (Wildman–Crippen LogP) is 2.70. The van der Waals surface area contributed by atoms with Gasteiger partial charge in [-0.05, 0) is 38.4 Å². The molecular formula is C16H21ClF2N2O. The van der Waals surface area contributed by atoms with Crippen LogP contribution >= 0.6 is 12.4 Å². The minimum absolute atomic E-state index is 0. The third-order valence-corrected chi connectivity index (χ3v) is 4.69. The van der Waals surface area contributed by atoms with Gasteiger partial charge in [0.05, 0.1) is 0 Å². The molecule has 2 atom stereocenters. The average molecular weight is 331 g/mol. The lowest BCUT2D eigenvalue weighted by Crippen LogP contribution is -2.44. The van der Waals surface area contributed by atoms with Gasteiger partial charge in [0, 0.05) is 36.5 Å². The third-order valence-electron chi connectivity index (χ3n) is 4.69. The molecule has 1 saturated heterocycles. The van der Waals surface area contributed by atoms with Gasteiger partial charge in [-0.1, -0.05) is 6.07 Å². The van der Waals surface area contributed by atoms with E-state index in [4.69, 9.17) is 0 Å². The molecule has 1 N–H and O–H groups in total. The van der Waals surface area contributed by atoms with Crippen LogP contribution in [0, 0.1) is 17.6 Å². The second-order valence-electron chi connectivity index (χ2n) is 5.97. The van der Waals surface area contributed by atoms with Gasteiger partial charge in [0.25, 0.3) is 0 Å². The molecule has 1 aromatic carbocycles. The minimum Gasteiger partial charge on any atom is -0.342 e. The van der Waals surface area contributed by atoms with Crippen molar-refractivity contribution in [1.82, 2.24) is 10.2 Å². The number of hydrogen-bond acceptors (Lipinski definition) is 2. The number of carbonyl (C=O) groups is 1. The third kappa shape index (κ3) is 3.25. The first-order valence-electron chi connectivity index (χ1n) is 7.51. The average Bonchev–Trinajstić information content (AvgIpc) is 3.27. The molecule has 2 fully saturated rings. The minimum atomic E-state index is -0.538. The fourth-order valence-corrected chi connectivity index (χ4v) is 3.27. The molecule has 1 aliphatic heterocycles. The Bertz CT molecular complexity index is 527. The van der Waals surface area contributed by atoms with E-state index in [9.17, 15) is 13.6 Å². The first-order valence-corrected chi connectivity index (χ1v) is 7.51. The van der Waals surface area contributed by atoms with Gasteiger partial charge >= 0.3 is 0 Å². The summed E-state index contributed by atoms with van der Waals surface area (Å²) in [6, 6.07) is 4.34. The van der Waals surface area contributed by atoms with E-state index in [0.29, 0.717) is 12.5 Å². The number of nitrogens with one attached hydrogen (secondary N) is 1. The van der Waals surface area contributed by atoms with Crippen molar-refractivity contribution in [3.63, 3.8) is 0 Å². The Morgan fingerprint density at radius 2 is 1.82 bits per heavy atom. The molecule has 1 amide bonds. The van der Waals surface area contributed by atoms with E-state index < -0.39 is 11.6 Å². The molecule has 0 bridgehead atoms. The molecule has 22 heavy (non-hydrogen) atoms. The maximum absolute atomic E-state index is 13.7. The first-order chi connectivity index (χ1) is 10.1. The SMILES string of the molecule is CNC1CCN(C(=O)C2CC2c2c(F)cccc2F)CC1.Cl. The highest BCUT2D eigenvalue weighted by Gasteiger charge is 2.48. The molecule has 1 aliphatic carbocycles. The van der Waals surface area contributed by atoms with Gasteiger partial charge in [-0.3, -0.25) is 4.79 Å². The van der Waals surface area contributed by atoms with Crippen LogP contribution in [-0.2, 0) is 4.79 Å². The molecule has 0 radical (unpaired) electrons. The lowest BCUT2D eigenvalue weighted by Gasteiger charge is -2.32. The molecule has 2 unspecified atom stereocenters. The van der Waals surface area contributed by atoms with Crippen molar-refractivity contribution in [3.05, 3.63) is 35.4 Å². The Hall–Kier alpha value is -1.20. The van der Waals surface area contributed by atoms with E-state index in [1.807, 2.05) is 11.9 Å². The summed E-state index contributed by atoms with van der Waals surface area (Å²) in [5.41, 5.74) is 0.0842. The van der Waals surface area contributed by atoms with Crippen molar-refractivity contribution in [2.75, 3.05) is 20.1 Å². The largest absolute Gasteiger partial charge is 0.342 e. The van der Waals surface area contributed by atoms with Crippen LogP contribution in [-0.4, -0.2) is 37.0 Å². The van der Waals surface area contributed by atoms with Crippen molar-refractivity contribution in [3.8, 4) is 0 Å². The van der Waals surface area contributed by atoms with E-state index in [2.05, 4.69) is 5.32 Å². The summed E-state index contributed by atoms with van der Waals surface area (Å²) in [6.07, 6.45) is 2.43. The van der Waals surface area contributed by atoms with Gasteiger partial charge in [-0.25, -0.2) is 8.78 Å². The molecule has 3 rings (SSSR count). The van der Waals surface area contributed by atoms with Crippen molar-refractivity contribution in [2.24, 2.45) is 5.92 Å². The normalized spacial score (nSPS) is 24.8. The van der Waals surface area contributed by atoms with E-state index in [1.165, 1.54) is 18.2 Å². The zero-order valence-electron chi connectivity index (χ0n) is 12.5. The number of amides is 1. The molecule has 122 valence electrons. The van der Waals surface area contributed by atoms with Crippen LogP contribution < -0.4 is 5.32 Å². The molecular weight excluding hydrogens is 310 g/mol. The van der Waals surface area contributed by atoms with Gasteiger partial charge in [0.2, 0.25) is 5.91 Å². The Kier molecular flexibility index (Phi) is 5.40. The van der Waals surface area contributed by atoms with Crippen LogP contribution in [0.4, 0.5) is 8.78 Å². The Balaban J connectivity index is 0.00000176. The summed E-state index contributed by atoms with van der Waals surface area (Å²) >= 11 is 0. The Morgan fingerprint density at radius 3 is 2.36 bits per heavy atom. The number of benzene rings is 1. The van der Waals surface area contributed by atoms with Crippen LogP contribution in [0.25, 0.3) is 0 Å². The summed E-state index contributed by atoms with van der Waals surface area (Å²) in [6.45, 7) is 1.46. The number of rotatable bonds is 3. The molecule has 1 aromatic rings. The van der Waals surface area contributed by atoms with Crippen LogP contribution in [0.2, 0.25) is 0 Å². The monoisotopic (exact) mass is 330 g/mol. The standard InChI is InChI=1S/C16H20F2N2O.ClH/c1-19-10-5-7-20(8-6-10)16(21)12-9-11(12)15-13(17)3-2-4-14(15)18;/h2-4,10-12,19H,5-9H2,1H3;1H. The number of halogens is 3. The second-order valence-corrected chi connectivity index (χ2v) is 5.97. The number of hydrogen-bond donors (Lipinski definition) is 1. The number of carbonyl (C=O) groups excluding carboxylic acids is 1. The fourth-order valence-electron chi connectivity index (χ4n) is 3.27. The van der Waals surface area contributed by atoms with Crippen molar-refractivity contribution < 1.29 is 13.6 Å². The van der Waals surface area contributed by atoms with Crippen LogP contribution in [0.15, 0.2) is 18.2 Å². The van der Waals surface area contributed by atoms with Crippen molar-refractivity contribution in [1.29, 1.82) is 0 Å². The molecule has 3 nitrogen and oxygen atoms in total. The van der Waals surface area contributed by atoms with E-state index in [0.717, 1.165) is 25.9 Å². The van der Waals surface area contributed by atoms with Crippen molar-refractivity contribution >= 4 is 18.3 Å². The second kappa shape index (κ2) is 6.92. The quantitative estimate of drug-likeness (QED) is 0.924. The van der Waals surface area contributed by atoms with Gasteiger partial charge in [0.15, 0.2) is 0 Å². The zero-order chi connectivity index (χ0) is 15.0. The number of piperidine rings is 1. The molecule has 6 heteroatoms. The lowest BCUT2D eigenvalue weighted by molar-refractivity contribution is -0.133. The van der Waals surface area contributed by atoms with Crippen LogP contribution in [0.3, 0.4) is 0 Å². The summed E-state index contributed by atoms with van der Waals surface area (Å²) < 4.78 is 27.5. The van der Waals surface area contributed by atoms with E-state index >= 15 is 0 Å². The fraction of sp³-hybridized carbons (Fsp3) is 0.562. The molecule has 0 aromatic heterocycles. The van der Waals surface area contributed by atoms with Crippen LogP contribution in [0.5, 0.6) is 0 Å². The molecule has 1 heterocycles. The maximum atomic E-state index is 13.7. The van der Waals surface area contributed by atoms with Gasteiger partial charge in [-0.15, -0.1) is 12.4 Å². The molecule has 2 aliphatic rings. The highest BCUT2D eigenvalue weighted by atomic mass is 35.5. The summed E-state index contributed by atoms with van der Waals surface area (Å²) in [4.78, 5) is 14.3. The van der Waals surface area contributed by atoms with Gasteiger partial charge in [0.1, 0.15) is 11.6 Å². The number of likely N-dealkylation sites (tertiary alicyclic amines) is 1. The predicted molar refractivity (Wildman–Crippen MR) is 83.1 cm³/mol. The smallest absolute Gasteiger partial charge is 0.226 e. The van der Waals surface area contributed by atoms with Crippen LogP contribution in [0.1, 0.15) is 30.7 Å².